The molecule has 1 saturated heterocycles. The molecule has 3 aromatic rings. The maximum atomic E-state index is 13.4. The Labute approximate surface area is 153 Å². The van der Waals surface area contributed by atoms with Crippen LogP contribution in [0.5, 0.6) is 0 Å². The monoisotopic (exact) mass is 370 g/mol. The Hall–Kier alpha value is -2.31. The van der Waals surface area contributed by atoms with E-state index in [4.69, 9.17) is 4.74 Å². The van der Waals surface area contributed by atoms with Gasteiger partial charge in [-0.3, -0.25) is 0 Å². The third-order valence-corrected chi connectivity index (χ3v) is 6.73. The van der Waals surface area contributed by atoms with Crippen molar-refractivity contribution in [3.63, 3.8) is 0 Å². The zero-order valence-electron chi connectivity index (χ0n) is 15.0. The quantitative estimate of drug-likeness (QED) is 0.710. The van der Waals surface area contributed by atoms with E-state index in [0.717, 1.165) is 35.4 Å². The molecule has 26 heavy (non-hydrogen) atoms. The number of aromatic nitrogens is 1. The van der Waals surface area contributed by atoms with E-state index in [1.165, 1.54) is 3.97 Å². The fourth-order valence-electron chi connectivity index (χ4n) is 3.63. The summed E-state index contributed by atoms with van der Waals surface area (Å²) in [6.07, 6.45) is 0. The van der Waals surface area contributed by atoms with Crippen molar-refractivity contribution in [2.24, 2.45) is 0 Å². The summed E-state index contributed by atoms with van der Waals surface area (Å²) in [5.41, 5.74) is 3.48. The maximum Gasteiger partial charge on any atom is 0.268 e. The summed E-state index contributed by atoms with van der Waals surface area (Å²) in [6, 6.07) is 14.7. The van der Waals surface area contributed by atoms with Crippen LogP contribution in [-0.2, 0) is 14.8 Å². The minimum absolute atomic E-state index is 0.306. The lowest BCUT2D eigenvalue weighted by Crippen LogP contribution is -2.36. The molecule has 0 unspecified atom stereocenters. The summed E-state index contributed by atoms with van der Waals surface area (Å²) in [6.45, 7) is 6.67. The molecule has 1 aromatic heterocycles. The minimum Gasteiger partial charge on any atom is -0.378 e. The van der Waals surface area contributed by atoms with E-state index in [1.54, 1.807) is 12.1 Å². The summed E-state index contributed by atoms with van der Waals surface area (Å²) < 4.78 is 33.7. The number of hydrogen-bond acceptors (Lipinski definition) is 4. The Bertz CT molecular complexity index is 1050. The van der Waals surface area contributed by atoms with Gasteiger partial charge in [0.1, 0.15) is 0 Å². The second kappa shape index (κ2) is 6.45. The third kappa shape index (κ3) is 2.70. The van der Waals surface area contributed by atoms with Gasteiger partial charge in [0.05, 0.1) is 35.0 Å². The van der Waals surface area contributed by atoms with Crippen LogP contribution in [-0.4, -0.2) is 38.7 Å². The molecule has 5 nitrogen and oxygen atoms in total. The number of ether oxygens (including phenoxy) is 1. The van der Waals surface area contributed by atoms with Gasteiger partial charge in [-0.2, -0.15) is 0 Å². The minimum atomic E-state index is -3.67. The lowest BCUT2D eigenvalue weighted by Gasteiger charge is -2.29. The number of para-hydroxylation sites is 1. The van der Waals surface area contributed by atoms with Gasteiger partial charge < -0.3 is 9.64 Å². The molecule has 2 heterocycles. The van der Waals surface area contributed by atoms with E-state index >= 15 is 0 Å². The number of anilines is 1. The summed E-state index contributed by atoms with van der Waals surface area (Å²) in [5, 5.41) is 0.961. The first-order valence-corrected chi connectivity index (χ1v) is 10.2. The lowest BCUT2D eigenvalue weighted by molar-refractivity contribution is 0.123. The van der Waals surface area contributed by atoms with Crippen LogP contribution in [0, 0.1) is 13.8 Å². The van der Waals surface area contributed by atoms with Gasteiger partial charge in [-0.25, -0.2) is 12.4 Å². The molecule has 4 rings (SSSR count). The first-order chi connectivity index (χ1) is 12.5. The van der Waals surface area contributed by atoms with E-state index in [-0.39, 0.29) is 0 Å². The number of benzene rings is 2. The van der Waals surface area contributed by atoms with Gasteiger partial charge in [-0.05, 0) is 32.0 Å². The molecular weight excluding hydrogens is 348 g/mol. The molecule has 136 valence electrons. The van der Waals surface area contributed by atoms with Crippen LogP contribution in [0.2, 0.25) is 0 Å². The van der Waals surface area contributed by atoms with Gasteiger partial charge in [-0.15, -0.1) is 0 Å². The topological polar surface area (TPSA) is 51.5 Å². The maximum absolute atomic E-state index is 13.4. The predicted molar refractivity (Wildman–Crippen MR) is 103 cm³/mol. The molecular formula is C20H22N2O3S. The number of hydrogen-bond donors (Lipinski definition) is 0. The van der Waals surface area contributed by atoms with Crippen molar-refractivity contribution in [2.75, 3.05) is 31.2 Å². The van der Waals surface area contributed by atoms with Crippen LogP contribution in [0.25, 0.3) is 10.9 Å². The van der Waals surface area contributed by atoms with Gasteiger partial charge in [0.2, 0.25) is 0 Å². The molecule has 0 radical (unpaired) electrons. The molecule has 0 spiro atoms. The molecule has 0 atom stereocenters. The summed E-state index contributed by atoms with van der Waals surface area (Å²) in [7, 11) is -3.67. The smallest absolute Gasteiger partial charge is 0.268 e. The van der Waals surface area contributed by atoms with Crippen molar-refractivity contribution < 1.29 is 13.2 Å². The number of nitrogens with zero attached hydrogens (tertiary/aromatic N) is 2. The normalized spacial score (nSPS) is 15.5. The average Bonchev–Trinajstić information content (AvgIpc) is 2.95. The van der Waals surface area contributed by atoms with Crippen molar-refractivity contribution >= 4 is 26.6 Å². The van der Waals surface area contributed by atoms with Crippen molar-refractivity contribution in [2.45, 2.75) is 18.7 Å². The highest BCUT2D eigenvalue weighted by Crippen LogP contribution is 2.36. The fourth-order valence-corrected chi connectivity index (χ4v) is 5.19. The van der Waals surface area contributed by atoms with Crippen molar-refractivity contribution in [1.29, 1.82) is 0 Å². The molecule has 0 saturated carbocycles. The Kier molecular flexibility index (Phi) is 4.25. The van der Waals surface area contributed by atoms with Gasteiger partial charge in [0.25, 0.3) is 10.0 Å². The Morgan fingerprint density at radius 1 is 0.923 bits per heavy atom. The van der Waals surface area contributed by atoms with Gasteiger partial charge in [0, 0.05) is 18.5 Å². The van der Waals surface area contributed by atoms with Gasteiger partial charge in [0.15, 0.2) is 0 Å². The van der Waals surface area contributed by atoms with Crippen molar-refractivity contribution in [3.05, 3.63) is 59.8 Å². The van der Waals surface area contributed by atoms with E-state index in [9.17, 15) is 8.42 Å². The Morgan fingerprint density at radius 3 is 2.27 bits per heavy atom. The molecule has 6 heteroatoms. The molecule has 0 N–H and O–H groups in total. The standard InChI is InChI=1S/C20H22N2O3S/c1-15-7-9-17(10-8-15)26(23,24)22-16(2)20(21-11-13-25-14-12-21)18-5-3-4-6-19(18)22/h3-10H,11-14H2,1-2H3. The predicted octanol–water partition coefficient (Wildman–Crippen LogP) is 3.33. The summed E-state index contributed by atoms with van der Waals surface area (Å²) in [4.78, 5) is 2.53. The van der Waals surface area contributed by atoms with Gasteiger partial charge >= 0.3 is 0 Å². The summed E-state index contributed by atoms with van der Waals surface area (Å²) in [5.74, 6) is 0. The van der Waals surface area contributed by atoms with E-state index in [0.29, 0.717) is 23.6 Å². The zero-order chi connectivity index (χ0) is 18.3. The fraction of sp³-hybridized carbons (Fsp3) is 0.300. The number of fused-ring (bicyclic) bond motifs is 1. The van der Waals surface area contributed by atoms with Crippen LogP contribution >= 0.6 is 0 Å². The van der Waals surface area contributed by atoms with Gasteiger partial charge in [-0.1, -0.05) is 35.9 Å². The lowest BCUT2D eigenvalue weighted by atomic mass is 10.2. The first-order valence-electron chi connectivity index (χ1n) is 8.75. The molecule has 0 bridgehead atoms. The number of morpholine rings is 1. The molecule has 2 aromatic carbocycles. The molecule has 1 fully saturated rings. The van der Waals surface area contributed by atoms with Crippen LogP contribution in [0.3, 0.4) is 0 Å². The molecule has 0 amide bonds. The Morgan fingerprint density at radius 2 is 1.58 bits per heavy atom. The van der Waals surface area contributed by atoms with Crippen LogP contribution in [0.1, 0.15) is 11.3 Å². The van der Waals surface area contributed by atoms with Crippen LogP contribution in [0.15, 0.2) is 53.4 Å². The average molecular weight is 370 g/mol. The highest BCUT2D eigenvalue weighted by Gasteiger charge is 2.27. The van der Waals surface area contributed by atoms with Crippen LogP contribution < -0.4 is 4.90 Å². The van der Waals surface area contributed by atoms with Crippen LogP contribution in [0.4, 0.5) is 5.69 Å². The molecule has 1 aliphatic rings. The second-order valence-electron chi connectivity index (χ2n) is 6.63. The number of aryl methyl sites for hydroxylation is 1. The zero-order valence-corrected chi connectivity index (χ0v) is 15.8. The highest BCUT2D eigenvalue weighted by atomic mass is 32.2. The largest absolute Gasteiger partial charge is 0.378 e. The molecule has 1 aliphatic heterocycles. The van der Waals surface area contributed by atoms with Crippen molar-refractivity contribution in [3.8, 4) is 0 Å². The molecule has 0 aliphatic carbocycles. The Balaban J connectivity index is 1.95. The highest BCUT2D eigenvalue weighted by molar-refractivity contribution is 7.90. The number of rotatable bonds is 3. The van der Waals surface area contributed by atoms with E-state index < -0.39 is 10.0 Å². The second-order valence-corrected chi connectivity index (χ2v) is 8.42. The van der Waals surface area contributed by atoms with E-state index in [2.05, 4.69) is 4.90 Å². The van der Waals surface area contributed by atoms with E-state index in [1.807, 2.05) is 50.2 Å². The SMILES string of the molecule is Cc1ccc(S(=O)(=O)n2c(C)c(N3CCOCC3)c3ccccc32)cc1. The third-order valence-electron chi connectivity index (χ3n) is 4.91. The van der Waals surface area contributed by atoms with Crippen molar-refractivity contribution in [1.82, 2.24) is 3.97 Å². The first kappa shape index (κ1) is 17.1. The summed E-state index contributed by atoms with van der Waals surface area (Å²) >= 11 is 0.